The molecule has 2 aliphatic heterocycles. The summed E-state index contributed by atoms with van der Waals surface area (Å²) in [6.45, 7) is 1.26. The fourth-order valence-corrected chi connectivity index (χ4v) is 5.69. The van der Waals surface area contributed by atoms with Crippen molar-refractivity contribution in [3.05, 3.63) is 101 Å². The predicted molar refractivity (Wildman–Crippen MR) is 137 cm³/mol. The van der Waals surface area contributed by atoms with Crippen LogP contribution in [0.1, 0.15) is 39.8 Å². The van der Waals surface area contributed by atoms with Gasteiger partial charge in [-0.1, -0.05) is 48.5 Å². The average molecular weight is 483 g/mol. The summed E-state index contributed by atoms with van der Waals surface area (Å²) in [7, 11) is 2.03. The number of halogens is 1. The van der Waals surface area contributed by atoms with E-state index in [1.165, 1.54) is 17.0 Å². The molecule has 36 heavy (non-hydrogen) atoms. The zero-order chi connectivity index (χ0) is 24.8. The lowest BCUT2D eigenvalue weighted by molar-refractivity contribution is -0.121. The Hall–Kier alpha value is -4.13. The van der Waals surface area contributed by atoms with Gasteiger partial charge in [-0.3, -0.25) is 9.59 Å². The molecule has 0 bridgehead atoms. The van der Waals surface area contributed by atoms with E-state index >= 15 is 0 Å². The number of para-hydroxylation sites is 2. The van der Waals surface area contributed by atoms with Crippen molar-refractivity contribution in [2.24, 2.45) is 0 Å². The maximum atomic E-state index is 14.0. The van der Waals surface area contributed by atoms with Crippen LogP contribution < -0.4 is 10.2 Å². The second-order valence-corrected chi connectivity index (χ2v) is 9.40. The summed E-state index contributed by atoms with van der Waals surface area (Å²) in [5.41, 5.74) is 5.45. The monoisotopic (exact) mass is 482 g/mol. The van der Waals surface area contributed by atoms with Crippen LogP contribution in [0.25, 0.3) is 10.9 Å². The average Bonchev–Trinajstić information content (AvgIpc) is 3.23. The maximum Gasteiger partial charge on any atom is 0.257 e. The molecule has 3 aromatic carbocycles. The molecule has 2 aliphatic rings. The van der Waals surface area contributed by atoms with Gasteiger partial charge in [-0.15, -0.1) is 0 Å². The second kappa shape index (κ2) is 8.82. The van der Waals surface area contributed by atoms with Gasteiger partial charge in [0.25, 0.3) is 5.91 Å². The molecule has 7 heteroatoms. The van der Waals surface area contributed by atoms with E-state index in [1.807, 2.05) is 48.3 Å². The Balaban J connectivity index is 1.33. The molecule has 4 aromatic rings. The molecule has 0 spiro atoms. The lowest BCUT2D eigenvalue weighted by atomic mass is 9.96. The highest BCUT2D eigenvalue weighted by molar-refractivity contribution is 6.02. The zero-order valence-corrected chi connectivity index (χ0v) is 20.1. The second-order valence-electron chi connectivity index (χ2n) is 9.40. The Kier molecular flexibility index (Phi) is 5.48. The molecule has 1 aromatic heterocycles. The summed E-state index contributed by atoms with van der Waals surface area (Å²) in [5, 5.41) is 4.01. The van der Waals surface area contributed by atoms with E-state index in [4.69, 9.17) is 0 Å². The fraction of sp³-hybridized carbons (Fsp3) is 0.241. The van der Waals surface area contributed by atoms with Crippen LogP contribution in [0.4, 0.5) is 10.1 Å². The minimum atomic E-state index is -0.325. The molecule has 0 aliphatic carbocycles. The molecule has 1 N–H and O–H groups in total. The number of nitrogens with zero attached hydrogens (tertiary/aromatic N) is 3. The van der Waals surface area contributed by atoms with Gasteiger partial charge < -0.3 is 19.7 Å². The van der Waals surface area contributed by atoms with Gasteiger partial charge in [-0.25, -0.2) is 4.39 Å². The van der Waals surface area contributed by atoms with E-state index in [1.54, 1.807) is 18.2 Å². The number of nitrogens with one attached hydrogen (secondary N) is 1. The number of carbonyl (C=O) groups is 2. The molecule has 0 radical (unpaired) electrons. The Morgan fingerprint density at radius 2 is 1.78 bits per heavy atom. The first-order valence-corrected chi connectivity index (χ1v) is 12.3. The molecule has 0 unspecified atom stereocenters. The first-order chi connectivity index (χ1) is 17.5. The number of benzene rings is 3. The molecular formula is C29H27FN4O2. The summed E-state index contributed by atoms with van der Waals surface area (Å²) in [5.74, 6) is -0.427. The first kappa shape index (κ1) is 22.3. The van der Waals surface area contributed by atoms with Crippen molar-refractivity contribution in [1.29, 1.82) is 0 Å². The summed E-state index contributed by atoms with van der Waals surface area (Å²) in [4.78, 5) is 30.3. The van der Waals surface area contributed by atoms with Crippen LogP contribution in [0.5, 0.6) is 0 Å². The van der Waals surface area contributed by atoms with Crippen molar-refractivity contribution in [2.45, 2.75) is 32.1 Å². The van der Waals surface area contributed by atoms with Gasteiger partial charge in [0.15, 0.2) is 0 Å². The van der Waals surface area contributed by atoms with Gasteiger partial charge >= 0.3 is 0 Å². The molecular weight excluding hydrogens is 455 g/mol. The molecule has 182 valence electrons. The lowest BCUT2D eigenvalue weighted by Crippen LogP contribution is -2.51. The van der Waals surface area contributed by atoms with E-state index in [0.29, 0.717) is 18.7 Å². The van der Waals surface area contributed by atoms with Gasteiger partial charge in [0.05, 0.1) is 16.9 Å². The molecule has 0 saturated carbocycles. The number of rotatable bonds is 5. The van der Waals surface area contributed by atoms with Crippen molar-refractivity contribution in [3.63, 3.8) is 0 Å². The SMILES string of the molecule is CN1c2ccccc2C(=O)N2CCc3c(n(CCC(=O)NCc4ccccc4F)c4ccccc34)[C@@H]21. The highest BCUT2D eigenvalue weighted by atomic mass is 19.1. The van der Waals surface area contributed by atoms with E-state index in [2.05, 4.69) is 26.9 Å². The van der Waals surface area contributed by atoms with Gasteiger partial charge in [0.2, 0.25) is 5.91 Å². The predicted octanol–water partition coefficient (Wildman–Crippen LogP) is 4.63. The van der Waals surface area contributed by atoms with E-state index in [0.717, 1.165) is 28.9 Å². The summed E-state index contributed by atoms with van der Waals surface area (Å²) >= 11 is 0. The number of aromatic nitrogens is 1. The van der Waals surface area contributed by atoms with Crippen molar-refractivity contribution >= 4 is 28.4 Å². The van der Waals surface area contributed by atoms with E-state index in [-0.39, 0.29) is 36.8 Å². The van der Waals surface area contributed by atoms with Crippen LogP contribution in [0.3, 0.4) is 0 Å². The van der Waals surface area contributed by atoms with Crippen LogP contribution in [0, 0.1) is 5.82 Å². The lowest BCUT2D eigenvalue weighted by Gasteiger charge is -2.46. The fourth-order valence-electron chi connectivity index (χ4n) is 5.69. The molecule has 2 amide bonds. The number of hydrogen-bond acceptors (Lipinski definition) is 3. The normalized spacial score (nSPS) is 16.5. The largest absolute Gasteiger partial charge is 0.352 e. The van der Waals surface area contributed by atoms with Crippen LogP contribution in [-0.4, -0.2) is 34.9 Å². The Bertz CT molecular complexity index is 1490. The third-order valence-corrected chi connectivity index (χ3v) is 7.40. The minimum absolute atomic E-state index is 0.0405. The standard InChI is InChI=1S/C29H27FN4O2/c1-32-24-12-6-4-10-22(24)29(36)34-16-14-21-20-9-3-7-13-25(20)33(27(21)28(32)34)17-15-26(35)31-18-19-8-2-5-11-23(19)30/h2-13,28H,14-18H2,1H3,(H,31,35)/t28-/m1/s1. The molecule has 6 nitrogen and oxygen atoms in total. The summed E-state index contributed by atoms with van der Waals surface area (Å²) in [6.07, 6.45) is 0.770. The molecule has 0 fully saturated rings. The third kappa shape index (κ3) is 3.54. The smallest absolute Gasteiger partial charge is 0.257 e. The molecule has 0 saturated heterocycles. The number of anilines is 1. The maximum absolute atomic E-state index is 14.0. The number of aryl methyl sites for hydroxylation is 1. The third-order valence-electron chi connectivity index (χ3n) is 7.40. The quantitative estimate of drug-likeness (QED) is 0.451. The molecule has 6 rings (SSSR count). The first-order valence-electron chi connectivity index (χ1n) is 12.3. The molecule has 3 heterocycles. The highest BCUT2D eigenvalue weighted by Crippen LogP contribution is 2.44. The Labute approximate surface area is 208 Å². The highest BCUT2D eigenvalue weighted by Gasteiger charge is 2.42. The van der Waals surface area contributed by atoms with Crippen LogP contribution in [-0.2, 0) is 24.3 Å². The topological polar surface area (TPSA) is 57.6 Å². The van der Waals surface area contributed by atoms with Crippen LogP contribution >= 0.6 is 0 Å². The number of hydrogen-bond donors (Lipinski definition) is 1. The van der Waals surface area contributed by atoms with Gasteiger partial charge in [0, 0.05) is 49.6 Å². The number of amides is 2. The van der Waals surface area contributed by atoms with E-state index in [9.17, 15) is 14.0 Å². The Morgan fingerprint density at radius 3 is 2.64 bits per heavy atom. The van der Waals surface area contributed by atoms with Crippen molar-refractivity contribution in [2.75, 3.05) is 18.5 Å². The number of carbonyl (C=O) groups excluding carboxylic acids is 2. The molecule has 1 atom stereocenters. The van der Waals surface area contributed by atoms with Crippen LogP contribution in [0.2, 0.25) is 0 Å². The van der Waals surface area contributed by atoms with Gasteiger partial charge in [-0.2, -0.15) is 0 Å². The van der Waals surface area contributed by atoms with E-state index < -0.39 is 0 Å². The van der Waals surface area contributed by atoms with Gasteiger partial charge in [-0.05, 0) is 36.2 Å². The zero-order valence-electron chi connectivity index (χ0n) is 20.1. The minimum Gasteiger partial charge on any atom is -0.352 e. The van der Waals surface area contributed by atoms with Crippen molar-refractivity contribution in [3.8, 4) is 0 Å². The van der Waals surface area contributed by atoms with Crippen molar-refractivity contribution in [1.82, 2.24) is 14.8 Å². The van der Waals surface area contributed by atoms with Gasteiger partial charge in [0.1, 0.15) is 12.0 Å². The number of fused-ring (bicyclic) bond motifs is 6. The van der Waals surface area contributed by atoms with Crippen molar-refractivity contribution < 1.29 is 14.0 Å². The Morgan fingerprint density at radius 1 is 1.03 bits per heavy atom. The summed E-state index contributed by atoms with van der Waals surface area (Å²) in [6, 6.07) is 22.4. The van der Waals surface area contributed by atoms with Crippen LogP contribution in [0.15, 0.2) is 72.8 Å². The summed E-state index contributed by atoms with van der Waals surface area (Å²) < 4.78 is 16.1.